The first-order valence-corrected chi connectivity index (χ1v) is 6.47. The zero-order valence-electron chi connectivity index (χ0n) is 12.3. The molecule has 1 fully saturated rings. The molecule has 0 aliphatic carbocycles. The summed E-state index contributed by atoms with van der Waals surface area (Å²) >= 11 is 0. The van der Waals surface area contributed by atoms with Crippen LogP contribution in [0.4, 0.5) is 4.79 Å². The van der Waals surface area contributed by atoms with Crippen molar-refractivity contribution in [1.82, 2.24) is 4.90 Å². The van der Waals surface area contributed by atoms with E-state index in [1.165, 1.54) is 18.7 Å². The average molecular weight is 275 g/mol. The van der Waals surface area contributed by atoms with E-state index in [0.717, 1.165) is 0 Å². The Morgan fingerprint density at radius 3 is 2.26 bits per heavy atom. The highest BCUT2D eigenvalue weighted by molar-refractivity contribution is 5.68. The van der Waals surface area contributed by atoms with Crippen molar-refractivity contribution in [2.75, 3.05) is 13.1 Å². The van der Waals surface area contributed by atoms with Crippen LogP contribution in [0.25, 0.3) is 0 Å². The Hall–Kier alpha value is -0.850. The van der Waals surface area contributed by atoms with Crippen LogP contribution >= 0.6 is 0 Å². The maximum Gasteiger partial charge on any atom is 0.410 e. The number of hydrogen-bond acceptors (Lipinski definition) is 5. The van der Waals surface area contributed by atoms with E-state index in [0.29, 0.717) is 0 Å². The van der Waals surface area contributed by atoms with Crippen molar-refractivity contribution in [1.29, 1.82) is 0 Å². The van der Waals surface area contributed by atoms with Gasteiger partial charge in [-0.1, -0.05) is 0 Å². The molecule has 1 aliphatic rings. The summed E-state index contributed by atoms with van der Waals surface area (Å²) in [6, 6.07) is 0. The van der Waals surface area contributed by atoms with E-state index in [9.17, 15) is 20.1 Å². The number of likely N-dealkylation sites (tertiary alicyclic amines) is 1. The number of aliphatic hydroxyl groups is 3. The Balaban J connectivity index is 2.84. The third-order valence-corrected chi connectivity index (χ3v) is 3.37. The zero-order valence-corrected chi connectivity index (χ0v) is 12.3. The number of aliphatic hydroxyl groups excluding tert-OH is 1. The van der Waals surface area contributed by atoms with Crippen LogP contribution in [0.15, 0.2) is 0 Å². The first-order valence-electron chi connectivity index (χ1n) is 6.47. The van der Waals surface area contributed by atoms with Crippen LogP contribution < -0.4 is 0 Å². The molecule has 1 heterocycles. The van der Waals surface area contributed by atoms with Crippen molar-refractivity contribution in [2.45, 2.75) is 63.9 Å². The van der Waals surface area contributed by atoms with Crippen molar-refractivity contribution in [3.05, 3.63) is 0 Å². The van der Waals surface area contributed by atoms with Crippen molar-refractivity contribution in [2.24, 2.45) is 0 Å². The zero-order chi connectivity index (χ0) is 15.1. The number of nitrogens with zero attached hydrogens (tertiary/aromatic N) is 1. The fraction of sp³-hybridized carbons (Fsp3) is 0.923. The summed E-state index contributed by atoms with van der Waals surface area (Å²) in [5.74, 6) is 0. The van der Waals surface area contributed by atoms with E-state index in [1.807, 2.05) is 0 Å². The molecule has 112 valence electrons. The van der Waals surface area contributed by atoms with Crippen molar-refractivity contribution in [3.8, 4) is 0 Å². The third-order valence-electron chi connectivity index (χ3n) is 3.37. The molecule has 1 aliphatic heterocycles. The standard InChI is InChI=1S/C13H25NO5/c1-11(2,3)19-10(16)14-7-6-9(15)13(18,8-14)12(4,5)17/h9,15,17-18H,6-8H2,1-5H3. The van der Waals surface area contributed by atoms with Crippen LogP contribution in [0.3, 0.4) is 0 Å². The normalized spacial score (nSPS) is 29.3. The van der Waals surface area contributed by atoms with Gasteiger partial charge in [0.05, 0.1) is 18.2 Å². The number of β-amino-alcohol motifs (C(OH)–C–C–N with tert-alkyl or cyclic N) is 1. The molecule has 2 unspecified atom stereocenters. The van der Waals surface area contributed by atoms with E-state index < -0.39 is 29.0 Å². The number of rotatable bonds is 1. The number of carbonyl (C=O) groups is 1. The molecule has 0 radical (unpaired) electrons. The molecule has 3 N–H and O–H groups in total. The summed E-state index contributed by atoms with van der Waals surface area (Å²) in [6.07, 6.45) is -1.44. The Labute approximate surface area is 114 Å². The Bertz CT molecular complexity index is 344. The second-order valence-corrected chi connectivity index (χ2v) is 6.69. The van der Waals surface area contributed by atoms with Gasteiger partial charge in [-0.2, -0.15) is 0 Å². The minimum absolute atomic E-state index is 0.160. The van der Waals surface area contributed by atoms with Crippen LogP contribution in [-0.2, 0) is 4.74 Å². The molecule has 19 heavy (non-hydrogen) atoms. The van der Waals surface area contributed by atoms with Gasteiger partial charge in [-0.15, -0.1) is 0 Å². The third kappa shape index (κ3) is 3.58. The highest BCUT2D eigenvalue weighted by atomic mass is 16.6. The van der Waals surface area contributed by atoms with Gasteiger partial charge in [-0.05, 0) is 41.0 Å². The van der Waals surface area contributed by atoms with Crippen molar-refractivity contribution in [3.63, 3.8) is 0 Å². The molecule has 1 amide bonds. The fourth-order valence-corrected chi connectivity index (χ4v) is 2.08. The molecule has 0 saturated carbocycles. The highest BCUT2D eigenvalue weighted by Gasteiger charge is 2.52. The van der Waals surface area contributed by atoms with Crippen LogP contribution in [-0.4, -0.2) is 62.3 Å². The predicted molar refractivity (Wildman–Crippen MR) is 69.7 cm³/mol. The maximum absolute atomic E-state index is 12.0. The molecule has 6 heteroatoms. The Morgan fingerprint density at radius 1 is 1.32 bits per heavy atom. The molecular formula is C13H25NO5. The molecule has 1 saturated heterocycles. The van der Waals surface area contributed by atoms with Crippen LogP contribution in [0.5, 0.6) is 0 Å². The van der Waals surface area contributed by atoms with E-state index in [2.05, 4.69) is 0 Å². The van der Waals surface area contributed by atoms with E-state index in [-0.39, 0.29) is 19.5 Å². The lowest BCUT2D eigenvalue weighted by atomic mass is 9.77. The monoisotopic (exact) mass is 275 g/mol. The van der Waals surface area contributed by atoms with Crippen molar-refractivity contribution < 1.29 is 24.9 Å². The van der Waals surface area contributed by atoms with E-state index in [4.69, 9.17) is 4.74 Å². The van der Waals surface area contributed by atoms with Gasteiger partial charge >= 0.3 is 6.09 Å². The number of ether oxygens (including phenoxy) is 1. The van der Waals surface area contributed by atoms with Gasteiger partial charge in [-0.25, -0.2) is 4.79 Å². The van der Waals surface area contributed by atoms with Gasteiger partial charge in [0, 0.05) is 6.54 Å². The van der Waals surface area contributed by atoms with Gasteiger partial charge in [-0.3, -0.25) is 0 Å². The van der Waals surface area contributed by atoms with Crippen molar-refractivity contribution >= 4 is 6.09 Å². The summed E-state index contributed by atoms with van der Waals surface area (Å²) in [5.41, 5.74) is -3.91. The van der Waals surface area contributed by atoms with Gasteiger partial charge < -0.3 is 25.0 Å². The maximum atomic E-state index is 12.0. The number of amides is 1. The SMILES string of the molecule is CC(C)(C)OC(=O)N1CCC(O)C(O)(C(C)(C)O)C1. The van der Waals surface area contributed by atoms with Gasteiger partial charge in [0.25, 0.3) is 0 Å². The minimum atomic E-state index is -1.76. The largest absolute Gasteiger partial charge is 0.444 e. The molecule has 6 nitrogen and oxygen atoms in total. The molecule has 1 rings (SSSR count). The fourth-order valence-electron chi connectivity index (χ4n) is 2.08. The summed E-state index contributed by atoms with van der Waals surface area (Å²) in [7, 11) is 0. The molecule has 2 atom stereocenters. The quantitative estimate of drug-likeness (QED) is 0.648. The van der Waals surface area contributed by atoms with Crippen LogP contribution in [0, 0.1) is 0 Å². The lowest BCUT2D eigenvalue weighted by Crippen LogP contribution is -2.67. The first-order chi connectivity index (χ1) is 8.37. The summed E-state index contributed by atoms with van der Waals surface area (Å²) in [6.45, 7) is 8.22. The molecule has 0 aromatic heterocycles. The van der Waals surface area contributed by atoms with Gasteiger partial charge in [0.2, 0.25) is 0 Å². The number of hydrogen-bond donors (Lipinski definition) is 3. The number of piperidine rings is 1. The van der Waals surface area contributed by atoms with E-state index >= 15 is 0 Å². The minimum Gasteiger partial charge on any atom is -0.444 e. The molecule has 0 aromatic carbocycles. The highest BCUT2D eigenvalue weighted by Crippen LogP contribution is 2.32. The molecule has 0 bridgehead atoms. The van der Waals surface area contributed by atoms with Gasteiger partial charge in [0.1, 0.15) is 11.2 Å². The Kier molecular flexibility index (Phi) is 4.20. The second kappa shape index (κ2) is 4.92. The second-order valence-electron chi connectivity index (χ2n) is 6.69. The number of carbonyl (C=O) groups excluding carboxylic acids is 1. The van der Waals surface area contributed by atoms with Gasteiger partial charge in [0.15, 0.2) is 0 Å². The van der Waals surface area contributed by atoms with E-state index in [1.54, 1.807) is 20.8 Å². The summed E-state index contributed by atoms with van der Waals surface area (Å²) in [5, 5.41) is 30.4. The lowest BCUT2D eigenvalue weighted by Gasteiger charge is -2.48. The average Bonchev–Trinajstić information content (AvgIpc) is 2.17. The van der Waals surface area contributed by atoms with Crippen LogP contribution in [0.2, 0.25) is 0 Å². The van der Waals surface area contributed by atoms with Crippen LogP contribution in [0.1, 0.15) is 41.0 Å². The lowest BCUT2D eigenvalue weighted by molar-refractivity contribution is -0.209. The Morgan fingerprint density at radius 2 is 1.84 bits per heavy atom. The molecule has 0 spiro atoms. The topological polar surface area (TPSA) is 90.2 Å². The molecular weight excluding hydrogens is 250 g/mol. The predicted octanol–water partition coefficient (Wildman–Crippen LogP) is 0.490. The smallest absolute Gasteiger partial charge is 0.410 e. The molecule has 0 aromatic rings. The first kappa shape index (κ1) is 16.2. The summed E-state index contributed by atoms with van der Waals surface area (Å²) < 4.78 is 5.23. The summed E-state index contributed by atoms with van der Waals surface area (Å²) in [4.78, 5) is 13.3.